The topological polar surface area (TPSA) is 44.5 Å². The van der Waals surface area contributed by atoms with Crippen molar-refractivity contribution in [1.82, 2.24) is 0 Å². The van der Waals surface area contributed by atoms with Gasteiger partial charge in [-0.25, -0.2) is 0 Å². The molecule has 0 saturated carbocycles. The van der Waals surface area contributed by atoms with Crippen LogP contribution in [0, 0.1) is 6.92 Å². The van der Waals surface area contributed by atoms with E-state index in [0.717, 1.165) is 17.7 Å². The molecule has 0 aromatic heterocycles. The summed E-state index contributed by atoms with van der Waals surface area (Å²) in [6, 6.07) is 7.97. The predicted octanol–water partition coefficient (Wildman–Crippen LogP) is 1.74. The Morgan fingerprint density at radius 2 is 2.07 bits per heavy atom. The molecule has 1 rings (SSSR count). The minimum atomic E-state index is 0.0320. The van der Waals surface area contributed by atoms with E-state index in [1.807, 2.05) is 31.2 Å². The van der Waals surface area contributed by atoms with Crippen molar-refractivity contribution >= 4 is 0 Å². The highest BCUT2D eigenvalue weighted by Crippen LogP contribution is 2.16. The van der Waals surface area contributed by atoms with Gasteiger partial charge in [-0.05, 0) is 25.0 Å². The van der Waals surface area contributed by atoms with Gasteiger partial charge in [0.2, 0.25) is 0 Å². The van der Waals surface area contributed by atoms with Crippen molar-refractivity contribution in [1.29, 1.82) is 0 Å². The Bertz CT molecular complexity index is 289. The second-order valence-electron chi connectivity index (χ2n) is 3.62. The van der Waals surface area contributed by atoms with Crippen molar-refractivity contribution in [2.45, 2.75) is 19.4 Å². The Morgan fingerprint density at radius 3 is 2.73 bits per heavy atom. The lowest BCUT2D eigenvalue weighted by Crippen LogP contribution is -2.29. The van der Waals surface area contributed by atoms with Crippen LogP contribution in [0.25, 0.3) is 0 Å². The quantitative estimate of drug-likeness (QED) is 0.776. The zero-order valence-electron chi connectivity index (χ0n) is 9.40. The normalized spacial score (nSPS) is 12.5. The fraction of sp³-hybridized carbons (Fsp3) is 0.500. The van der Waals surface area contributed by atoms with Crippen LogP contribution in [0.5, 0.6) is 5.75 Å². The van der Waals surface area contributed by atoms with E-state index in [-0.39, 0.29) is 6.04 Å². The molecule has 3 heteroatoms. The van der Waals surface area contributed by atoms with Crippen molar-refractivity contribution in [3.63, 3.8) is 0 Å². The summed E-state index contributed by atoms with van der Waals surface area (Å²) < 4.78 is 10.6. The van der Waals surface area contributed by atoms with Crippen LogP contribution in [0.3, 0.4) is 0 Å². The summed E-state index contributed by atoms with van der Waals surface area (Å²) >= 11 is 0. The van der Waals surface area contributed by atoms with Crippen LogP contribution in [0.1, 0.15) is 12.0 Å². The van der Waals surface area contributed by atoms with Gasteiger partial charge in [0.1, 0.15) is 12.4 Å². The molecule has 3 nitrogen and oxygen atoms in total. The Kier molecular flexibility index (Phi) is 5.15. The number of methoxy groups -OCH3 is 1. The highest BCUT2D eigenvalue weighted by molar-refractivity contribution is 5.31. The van der Waals surface area contributed by atoms with Crippen molar-refractivity contribution < 1.29 is 9.47 Å². The van der Waals surface area contributed by atoms with Crippen molar-refractivity contribution in [3.8, 4) is 5.75 Å². The maximum atomic E-state index is 5.85. The molecule has 0 spiro atoms. The van der Waals surface area contributed by atoms with Crippen LogP contribution in [0.2, 0.25) is 0 Å². The van der Waals surface area contributed by atoms with Gasteiger partial charge in [0.25, 0.3) is 0 Å². The first-order valence-corrected chi connectivity index (χ1v) is 5.17. The number of nitrogens with two attached hydrogens (primary N) is 1. The van der Waals surface area contributed by atoms with Crippen LogP contribution < -0.4 is 10.5 Å². The molecule has 0 aliphatic rings. The lowest BCUT2D eigenvalue weighted by molar-refractivity contribution is 0.175. The molecule has 0 amide bonds. The van der Waals surface area contributed by atoms with Crippen LogP contribution in [-0.4, -0.2) is 26.4 Å². The molecule has 0 bridgehead atoms. The van der Waals surface area contributed by atoms with Crippen LogP contribution in [0.4, 0.5) is 0 Å². The number of hydrogen-bond acceptors (Lipinski definition) is 3. The summed E-state index contributed by atoms with van der Waals surface area (Å²) in [4.78, 5) is 0. The summed E-state index contributed by atoms with van der Waals surface area (Å²) in [6.07, 6.45) is 0.822. The summed E-state index contributed by atoms with van der Waals surface area (Å²) in [5.74, 6) is 0.908. The fourth-order valence-electron chi connectivity index (χ4n) is 1.27. The minimum Gasteiger partial charge on any atom is -0.492 e. The summed E-state index contributed by atoms with van der Waals surface area (Å²) in [7, 11) is 1.68. The molecule has 1 aromatic rings. The van der Waals surface area contributed by atoms with E-state index in [1.165, 1.54) is 0 Å². The molecule has 0 radical (unpaired) electrons. The number of ether oxygens (including phenoxy) is 2. The van der Waals surface area contributed by atoms with E-state index in [9.17, 15) is 0 Å². The first kappa shape index (κ1) is 12.0. The predicted molar refractivity (Wildman–Crippen MR) is 61.1 cm³/mol. The molecule has 1 atom stereocenters. The smallest absolute Gasteiger partial charge is 0.122 e. The average molecular weight is 209 g/mol. The van der Waals surface area contributed by atoms with Gasteiger partial charge < -0.3 is 15.2 Å². The third-order valence-electron chi connectivity index (χ3n) is 2.24. The Hall–Kier alpha value is -1.06. The molecular formula is C12H19NO2. The molecule has 0 aliphatic heterocycles. The second-order valence-corrected chi connectivity index (χ2v) is 3.62. The van der Waals surface area contributed by atoms with Gasteiger partial charge in [0.05, 0.1) is 0 Å². The summed E-state index contributed by atoms with van der Waals surface area (Å²) in [5, 5.41) is 0. The van der Waals surface area contributed by atoms with Gasteiger partial charge >= 0.3 is 0 Å². The Balaban J connectivity index is 2.33. The Morgan fingerprint density at radius 1 is 1.33 bits per heavy atom. The highest BCUT2D eigenvalue weighted by Gasteiger charge is 2.04. The van der Waals surface area contributed by atoms with Crippen molar-refractivity contribution in [3.05, 3.63) is 29.8 Å². The zero-order valence-corrected chi connectivity index (χ0v) is 9.40. The third kappa shape index (κ3) is 4.32. The molecule has 0 heterocycles. The van der Waals surface area contributed by atoms with E-state index in [4.69, 9.17) is 15.2 Å². The van der Waals surface area contributed by atoms with Crippen molar-refractivity contribution in [2.24, 2.45) is 5.73 Å². The lowest BCUT2D eigenvalue weighted by Gasteiger charge is -2.13. The number of rotatable bonds is 6. The number of aryl methyl sites for hydroxylation is 1. The Labute approximate surface area is 91.2 Å². The molecule has 1 aromatic carbocycles. The SMILES string of the molecule is COCCC(N)COc1ccccc1C. The first-order chi connectivity index (χ1) is 7.24. The van der Waals surface area contributed by atoms with Gasteiger partial charge in [-0.2, -0.15) is 0 Å². The fourth-order valence-corrected chi connectivity index (χ4v) is 1.27. The van der Waals surface area contributed by atoms with E-state index in [1.54, 1.807) is 7.11 Å². The van der Waals surface area contributed by atoms with Crippen LogP contribution >= 0.6 is 0 Å². The largest absolute Gasteiger partial charge is 0.492 e. The summed E-state index contributed by atoms with van der Waals surface area (Å²) in [6.45, 7) is 3.24. The average Bonchev–Trinajstić information content (AvgIpc) is 2.25. The molecule has 0 fully saturated rings. The van der Waals surface area contributed by atoms with E-state index in [0.29, 0.717) is 13.2 Å². The monoisotopic (exact) mass is 209 g/mol. The molecular weight excluding hydrogens is 190 g/mol. The molecule has 0 aliphatic carbocycles. The van der Waals surface area contributed by atoms with Gasteiger partial charge in [-0.1, -0.05) is 18.2 Å². The van der Waals surface area contributed by atoms with Crippen LogP contribution in [-0.2, 0) is 4.74 Å². The number of hydrogen-bond donors (Lipinski definition) is 1. The standard InChI is InChI=1S/C12H19NO2/c1-10-5-3-4-6-12(10)15-9-11(13)7-8-14-2/h3-6,11H,7-9,13H2,1-2H3. The maximum absolute atomic E-state index is 5.85. The van der Waals surface area contributed by atoms with Crippen molar-refractivity contribution in [2.75, 3.05) is 20.3 Å². The lowest BCUT2D eigenvalue weighted by atomic mass is 10.2. The van der Waals surface area contributed by atoms with E-state index in [2.05, 4.69) is 0 Å². The minimum absolute atomic E-state index is 0.0320. The summed E-state index contributed by atoms with van der Waals surface area (Å²) in [5.41, 5.74) is 6.99. The van der Waals surface area contributed by atoms with Gasteiger partial charge in [0, 0.05) is 19.8 Å². The molecule has 84 valence electrons. The third-order valence-corrected chi connectivity index (χ3v) is 2.24. The van der Waals surface area contributed by atoms with Gasteiger partial charge in [-0.15, -0.1) is 0 Å². The number of para-hydroxylation sites is 1. The maximum Gasteiger partial charge on any atom is 0.122 e. The first-order valence-electron chi connectivity index (χ1n) is 5.17. The molecule has 0 saturated heterocycles. The molecule has 15 heavy (non-hydrogen) atoms. The molecule has 1 unspecified atom stereocenters. The van der Waals surface area contributed by atoms with Gasteiger partial charge in [0.15, 0.2) is 0 Å². The van der Waals surface area contributed by atoms with E-state index < -0.39 is 0 Å². The zero-order chi connectivity index (χ0) is 11.1. The second kappa shape index (κ2) is 6.43. The molecule has 2 N–H and O–H groups in total. The van der Waals surface area contributed by atoms with E-state index >= 15 is 0 Å². The number of benzene rings is 1. The van der Waals surface area contributed by atoms with Crippen LogP contribution in [0.15, 0.2) is 24.3 Å². The highest BCUT2D eigenvalue weighted by atomic mass is 16.5. The van der Waals surface area contributed by atoms with Gasteiger partial charge in [-0.3, -0.25) is 0 Å².